The van der Waals surface area contributed by atoms with E-state index >= 15 is 0 Å². The van der Waals surface area contributed by atoms with Crippen molar-refractivity contribution in [1.82, 2.24) is 24.9 Å². The zero-order valence-corrected chi connectivity index (χ0v) is 19.7. The van der Waals surface area contributed by atoms with Crippen molar-refractivity contribution in [3.8, 4) is 11.4 Å². The van der Waals surface area contributed by atoms with E-state index in [4.69, 9.17) is 4.74 Å². The van der Waals surface area contributed by atoms with Crippen LogP contribution in [0.1, 0.15) is 30.5 Å². The Morgan fingerprint density at radius 3 is 2.54 bits per heavy atom. The number of nitrogens with zero attached hydrogens (tertiary/aromatic N) is 4. The van der Waals surface area contributed by atoms with Gasteiger partial charge in [-0.15, -0.1) is 0 Å². The smallest absolute Gasteiger partial charge is 0.242 e. The summed E-state index contributed by atoms with van der Waals surface area (Å²) in [6.45, 7) is 1.94. The van der Waals surface area contributed by atoms with Gasteiger partial charge < -0.3 is 15.4 Å². The minimum Gasteiger partial charge on any atom is -0.496 e. The third-order valence-corrected chi connectivity index (χ3v) is 5.54. The highest BCUT2D eigenvalue weighted by Gasteiger charge is 2.14. The van der Waals surface area contributed by atoms with Gasteiger partial charge in [0.05, 0.1) is 36.9 Å². The first-order valence-corrected chi connectivity index (χ1v) is 11.4. The second-order valence-electron chi connectivity index (χ2n) is 8.13. The van der Waals surface area contributed by atoms with Crippen LogP contribution in [0, 0.1) is 0 Å². The van der Waals surface area contributed by atoms with Crippen molar-refractivity contribution in [3.05, 3.63) is 90.5 Å². The van der Waals surface area contributed by atoms with Crippen LogP contribution in [0.25, 0.3) is 5.69 Å². The molecule has 1 unspecified atom stereocenters. The van der Waals surface area contributed by atoms with Crippen LogP contribution in [0.15, 0.2) is 79.4 Å². The number of ether oxygens (including phenoxy) is 1. The fourth-order valence-corrected chi connectivity index (χ4v) is 3.70. The predicted octanol–water partition coefficient (Wildman–Crippen LogP) is 3.53. The van der Waals surface area contributed by atoms with E-state index in [2.05, 4.69) is 20.8 Å². The van der Waals surface area contributed by atoms with Crippen molar-refractivity contribution in [3.63, 3.8) is 0 Å². The van der Waals surface area contributed by atoms with Gasteiger partial charge >= 0.3 is 0 Å². The monoisotopic (exact) mass is 472 g/mol. The van der Waals surface area contributed by atoms with Crippen LogP contribution in [0.2, 0.25) is 0 Å². The highest BCUT2D eigenvalue weighted by atomic mass is 16.5. The summed E-state index contributed by atoms with van der Waals surface area (Å²) in [5.74, 6) is 0.437. The number of para-hydroxylation sites is 2. The number of amides is 2. The number of aryl methyl sites for hydroxylation is 1. The van der Waals surface area contributed by atoms with Crippen molar-refractivity contribution in [1.29, 1.82) is 0 Å². The van der Waals surface area contributed by atoms with Gasteiger partial charge in [-0.2, -0.15) is 10.2 Å². The summed E-state index contributed by atoms with van der Waals surface area (Å²) >= 11 is 0. The van der Waals surface area contributed by atoms with Crippen LogP contribution in [0.5, 0.6) is 5.75 Å². The number of benzene rings is 2. The summed E-state index contributed by atoms with van der Waals surface area (Å²) in [7, 11) is 1.61. The molecule has 1 atom stereocenters. The summed E-state index contributed by atoms with van der Waals surface area (Å²) in [5.41, 5.74) is 3.36. The Kier molecular flexibility index (Phi) is 7.57. The van der Waals surface area contributed by atoms with Gasteiger partial charge in [-0.1, -0.05) is 36.4 Å². The van der Waals surface area contributed by atoms with Crippen LogP contribution in [-0.2, 0) is 22.6 Å². The van der Waals surface area contributed by atoms with Gasteiger partial charge in [0.15, 0.2) is 0 Å². The maximum atomic E-state index is 12.5. The fraction of sp³-hybridized carbons (Fsp3) is 0.231. The Balaban J connectivity index is 1.25. The first-order chi connectivity index (χ1) is 17.0. The molecule has 0 saturated heterocycles. The van der Waals surface area contributed by atoms with Crippen molar-refractivity contribution in [2.75, 3.05) is 12.4 Å². The molecule has 9 heteroatoms. The minimum atomic E-state index is -0.218. The Morgan fingerprint density at radius 1 is 0.971 bits per heavy atom. The molecule has 0 spiro atoms. The predicted molar refractivity (Wildman–Crippen MR) is 132 cm³/mol. The van der Waals surface area contributed by atoms with Gasteiger partial charge in [-0.3, -0.25) is 14.3 Å². The summed E-state index contributed by atoms with van der Waals surface area (Å²) in [6, 6.07) is 17.2. The van der Waals surface area contributed by atoms with Crippen molar-refractivity contribution in [2.24, 2.45) is 0 Å². The zero-order chi connectivity index (χ0) is 24.6. The molecule has 180 valence electrons. The van der Waals surface area contributed by atoms with E-state index in [1.807, 2.05) is 67.7 Å². The van der Waals surface area contributed by atoms with Gasteiger partial charge in [-0.25, -0.2) is 4.68 Å². The van der Waals surface area contributed by atoms with Crippen LogP contribution < -0.4 is 15.4 Å². The SMILES string of the molecule is COc1ccccc1CCC(=O)Nc1cnn(CC(=O)NC(C)c2cnn(-c3ccccc3)c2)c1. The quantitative estimate of drug-likeness (QED) is 0.368. The number of hydrogen-bond acceptors (Lipinski definition) is 5. The number of anilines is 1. The van der Waals surface area contributed by atoms with Crippen LogP contribution in [0.4, 0.5) is 5.69 Å². The van der Waals surface area contributed by atoms with E-state index in [9.17, 15) is 9.59 Å². The number of hydrogen-bond donors (Lipinski definition) is 2. The van der Waals surface area contributed by atoms with Crippen LogP contribution >= 0.6 is 0 Å². The van der Waals surface area contributed by atoms with Crippen molar-refractivity contribution >= 4 is 17.5 Å². The maximum absolute atomic E-state index is 12.5. The summed E-state index contributed by atoms with van der Waals surface area (Å²) < 4.78 is 8.59. The normalized spacial score (nSPS) is 11.6. The molecule has 2 heterocycles. The number of carbonyl (C=O) groups excluding carboxylic acids is 2. The van der Waals surface area contributed by atoms with E-state index in [0.29, 0.717) is 18.5 Å². The second-order valence-corrected chi connectivity index (χ2v) is 8.13. The lowest BCUT2D eigenvalue weighted by Crippen LogP contribution is -2.30. The molecule has 4 aromatic rings. The molecule has 2 N–H and O–H groups in total. The third kappa shape index (κ3) is 6.35. The first-order valence-electron chi connectivity index (χ1n) is 11.4. The molecule has 0 radical (unpaired) electrons. The molecule has 0 saturated carbocycles. The molecule has 2 aromatic heterocycles. The van der Waals surface area contributed by atoms with Crippen LogP contribution in [0.3, 0.4) is 0 Å². The molecule has 2 amide bonds. The lowest BCUT2D eigenvalue weighted by Gasteiger charge is -2.12. The Labute approximate surface area is 203 Å². The molecule has 0 fully saturated rings. The molecule has 0 aliphatic heterocycles. The van der Waals surface area contributed by atoms with Crippen molar-refractivity contribution < 1.29 is 14.3 Å². The third-order valence-electron chi connectivity index (χ3n) is 5.54. The Bertz CT molecular complexity index is 1280. The fourth-order valence-electron chi connectivity index (χ4n) is 3.70. The second kappa shape index (κ2) is 11.1. The van der Waals surface area contributed by atoms with Gasteiger partial charge in [0.25, 0.3) is 0 Å². The largest absolute Gasteiger partial charge is 0.496 e. The number of nitrogens with one attached hydrogen (secondary N) is 2. The van der Waals surface area contributed by atoms with Crippen LogP contribution in [-0.4, -0.2) is 38.5 Å². The molecule has 0 bridgehead atoms. The molecule has 4 rings (SSSR count). The van der Waals surface area contributed by atoms with Gasteiger partial charge in [0, 0.05) is 24.4 Å². The zero-order valence-electron chi connectivity index (χ0n) is 19.7. The molecule has 0 aliphatic rings. The van der Waals surface area contributed by atoms with Gasteiger partial charge in [0.1, 0.15) is 12.3 Å². The number of methoxy groups -OCH3 is 1. The van der Waals surface area contributed by atoms with E-state index in [1.54, 1.807) is 24.2 Å². The molecular weight excluding hydrogens is 444 g/mol. The van der Waals surface area contributed by atoms with E-state index < -0.39 is 0 Å². The topological polar surface area (TPSA) is 103 Å². The average Bonchev–Trinajstić information content (AvgIpc) is 3.53. The highest BCUT2D eigenvalue weighted by Crippen LogP contribution is 2.19. The Hall–Kier alpha value is -4.40. The standard InChI is InChI=1S/C26H28N6O3/c1-19(21-14-28-32(16-21)23-9-4-3-5-10-23)29-26(34)18-31-17-22(15-27-31)30-25(33)13-12-20-8-6-7-11-24(20)35-2/h3-11,14-17,19H,12-13,18H2,1-2H3,(H,29,34)(H,30,33). The minimum absolute atomic E-state index is 0.0360. The maximum Gasteiger partial charge on any atom is 0.242 e. The number of carbonyl (C=O) groups is 2. The van der Waals surface area contributed by atoms with Crippen molar-refractivity contribution in [2.45, 2.75) is 32.4 Å². The molecule has 0 aliphatic carbocycles. The highest BCUT2D eigenvalue weighted by molar-refractivity contribution is 5.90. The summed E-state index contributed by atoms with van der Waals surface area (Å²) in [5, 5.41) is 14.3. The van der Waals surface area contributed by atoms with Gasteiger partial charge in [0.2, 0.25) is 11.8 Å². The lowest BCUT2D eigenvalue weighted by molar-refractivity contribution is -0.122. The Morgan fingerprint density at radius 2 is 1.74 bits per heavy atom. The van der Waals surface area contributed by atoms with E-state index in [0.717, 1.165) is 22.6 Å². The summed E-state index contributed by atoms with van der Waals surface area (Å²) in [6.07, 6.45) is 7.67. The number of aromatic nitrogens is 4. The number of rotatable bonds is 10. The van der Waals surface area contributed by atoms with E-state index in [-0.39, 0.29) is 24.4 Å². The van der Waals surface area contributed by atoms with Gasteiger partial charge in [-0.05, 0) is 37.1 Å². The first kappa shape index (κ1) is 23.7. The average molecular weight is 473 g/mol. The summed E-state index contributed by atoms with van der Waals surface area (Å²) in [4.78, 5) is 24.9. The van der Waals surface area contributed by atoms with E-state index in [1.165, 1.54) is 10.9 Å². The molecular formula is C26H28N6O3. The lowest BCUT2D eigenvalue weighted by atomic mass is 10.1. The molecule has 2 aromatic carbocycles. The molecule has 35 heavy (non-hydrogen) atoms. The molecule has 9 nitrogen and oxygen atoms in total.